The summed E-state index contributed by atoms with van der Waals surface area (Å²) < 4.78 is 1.68. The Kier molecular flexibility index (Phi) is 5.56. The lowest BCUT2D eigenvalue weighted by molar-refractivity contribution is -0.385. The molecule has 1 fully saturated rings. The first-order chi connectivity index (χ1) is 15.3. The monoisotopic (exact) mass is 450 g/mol. The number of nitro groups is 2. The topological polar surface area (TPSA) is 129 Å². The predicted octanol–water partition coefficient (Wildman–Crippen LogP) is 4.53. The zero-order chi connectivity index (χ0) is 22.8. The van der Waals surface area contributed by atoms with Crippen molar-refractivity contribution in [2.75, 3.05) is 0 Å². The minimum atomic E-state index is -0.525. The molecule has 0 N–H and O–H groups in total. The molecule has 1 aromatic heterocycles. The molecule has 10 nitrogen and oxygen atoms in total. The number of non-ortho nitro benzene ring substituents is 2. The number of nitrogens with zero attached hydrogens (tertiary/aromatic N) is 4. The molecular formula is C21H14N4O6S. The van der Waals surface area contributed by atoms with E-state index in [1.165, 1.54) is 36.4 Å². The first-order valence-electron chi connectivity index (χ1n) is 9.24. The van der Waals surface area contributed by atoms with Crippen molar-refractivity contribution in [3.63, 3.8) is 0 Å². The molecule has 1 aliphatic heterocycles. The molecule has 3 aromatic rings. The van der Waals surface area contributed by atoms with Gasteiger partial charge in [-0.25, -0.2) is 0 Å². The highest BCUT2D eigenvalue weighted by atomic mass is 32.2. The van der Waals surface area contributed by atoms with Crippen LogP contribution in [0.4, 0.5) is 16.2 Å². The van der Waals surface area contributed by atoms with Crippen LogP contribution in [0.25, 0.3) is 11.8 Å². The maximum Gasteiger partial charge on any atom is 0.293 e. The number of carbonyl (C=O) groups excluding carboxylic acids is 2. The highest BCUT2D eigenvalue weighted by molar-refractivity contribution is 8.18. The van der Waals surface area contributed by atoms with Gasteiger partial charge in [-0.15, -0.1) is 0 Å². The molecule has 0 spiro atoms. The van der Waals surface area contributed by atoms with E-state index in [4.69, 9.17) is 0 Å². The summed E-state index contributed by atoms with van der Waals surface area (Å²) >= 11 is 0.788. The number of hydrogen-bond acceptors (Lipinski definition) is 7. The lowest BCUT2D eigenvalue weighted by Gasteiger charge is -2.12. The lowest BCUT2D eigenvalue weighted by Crippen LogP contribution is -2.27. The Morgan fingerprint density at radius 3 is 2.31 bits per heavy atom. The Balaban J connectivity index is 1.58. The van der Waals surface area contributed by atoms with Crippen molar-refractivity contribution in [3.8, 4) is 5.69 Å². The van der Waals surface area contributed by atoms with Gasteiger partial charge in [-0.2, -0.15) is 0 Å². The lowest BCUT2D eigenvalue weighted by atomic mass is 10.2. The van der Waals surface area contributed by atoms with Crippen molar-refractivity contribution in [2.45, 2.75) is 6.54 Å². The number of thioether (sulfide) groups is 1. The van der Waals surface area contributed by atoms with Crippen molar-refractivity contribution in [3.05, 3.63) is 103 Å². The molecule has 0 unspecified atom stereocenters. The third-order valence-corrected chi connectivity index (χ3v) is 5.65. The van der Waals surface area contributed by atoms with E-state index in [2.05, 4.69) is 0 Å². The summed E-state index contributed by atoms with van der Waals surface area (Å²) in [4.78, 5) is 47.3. The second-order valence-corrected chi connectivity index (χ2v) is 7.76. The standard InChI is InChI=1S/C21H14N4O6S/c26-20-19(32-21(27)23(20)13-14-6-8-15(9-7-14)24(28)29)12-17-5-2-10-22(17)16-3-1-4-18(11-16)25(30)31/h1-12H,13H2/b19-12-. The Hall–Kier alpha value is -4.25. The Morgan fingerprint density at radius 1 is 0.906 bits per heavy atom. The number of benzene rings is 2. The fraction of sp³-hybridized carbons (Fsp3) is 0.0476. The number of hydrogen-bond donors (Lipinski definition) is 0. The van der Waals surface area contributed by atoms with Crippen LogP contribution in [0.3, 0.4) is 0 Å². The number of carbonyl (C=O) groups is 2. The smallest absolute Gasteiger partial charge is 0.293 e. The molecule has 4 rings (SSSR count). The van der Waals surface area contributed by atoms with Crippen molar-refractivity contribution in [1.82, 2.24) is 9.47 Å². The van der Waals surface area contributed by atoms with Gasteiger partial charge in [-0.05, 0) is 41.6 Å². The molecule has 32 heavy (non-hydrogen) atoms. The van der Waals surface area contributed by atoms with Crippen molar-refractivity contribution in [2.24, 2.45) is 0 Å². The van der Waals surface area contributed by atoms with Gasteiger partial charge in [0.2, 0.25) is 0 Å². The van der Waals surface area contributed by atoms with Crippen LogP contribution in [0.5, 0.6) is 0 Å². The fourth-order valence-corrected chi connectivity index (χ4v) is 4.00. The highest BCUT2D eigenvalue weighted by Gasteiger charge is 2.35. The molecule has 1 saturated heterocycles. The van der Waals surface area contributed by atoms with Gasteiger partial charge in [0, 0.05) is 36.2 Å². The van der Waals surface area contributed by atoms with Crippen LogP contribution in [0, 0.1) is 20.2 Å². The molecule has 11 heteroatoms. The number of amides is 2. The molecule has 0 saturated carbocycles. The number of nitro benzene ring substituents is 2. The van der Waals surface area contributed by atoms with Gasteiger partial charge < -0.3 is 4.57 Å². The molecule has 0 atom stereocenters. The van der Waals surface area contributed by atoms with E-state index in [1.54, 1.807) is 41.1 Å². The van der Waals surface area contributed by atoms with E-state index in [1.807, 2.05) is 0 Å². The normalized spacial score (nSPS) is 14.9. The second kappa shape index (κ2) is 8.47. The van der Waals surface area contributed by atoms with Crippen LogP contribution in [0.15, 0.2) is 71.8 Å². The average Bonchev–Trinajstić information content (AvgIpc) is 3.34. The minimum absolute atomic E-state index is 0.00804. The maximum absolute atomic E-state index is 12.8. The second-order valence-electron chi connectivity index (χ2n) is 6.77. The van der Waals surface area contributed by atoms with Crippen LogP contribution in [-0.4, -0.2) is 30.5 Å². The molecule has 2 aromatic carbocycles. The van der Waals surface area contributed by atoms with Crippen molar-refractivity contribution >= 4 is 40.4 Å². The van der Waals surface area contributed by atoms with Crippen LogP contribution < -0.4 is 0 Å². The van der Waals surface area contributed by atoms with Gasteiger partial charge in [-0.3, -0.25) is 34.7 Å². The summed E-state index contributed by atoms with van der Waals surface area (Å²) in [7, 11) is 0. The Morgan fingerprint density at radius 2 is 1.62 bits per heavy atom. The highest BCUT2D eigenvalue weighted by Crippen LogP contribution is 2.34. The molecule has 160 valence electrons. The van der Waals surface area contributed by atoms with Gasteiger partial charge in [0.25, 0.3) is 22.5 Å². The molecular weight excluding hydrogens is 436 g/mol. The summed E-state index contributed by atoms with van der Waals surface area (Å²) in [6.07, 6.45) is 3.26. The molecule has 0 aliphatic carbocycles. The molecule has 0 radical (unpaired) electrons. The van der Waals surface area contributed by atoms with Crippen LogP contribution in [0.2, 0.25) is 0 Å². The summed E-state index contributed by atoms with van der Waals surface area (Å²) in [6.45, 7) is -0.00804. The van der Waals surface area contributed by atoms with Gasteiger partial charge in [0.1, 0.15) is 0 Å². The van der Waals surface area contributed by atoms with E-state index < -0.39 is 21.0 Å². The molecule has 1 aliphatic rings. The minimum Gasteiger partial charge on any atom is -0.317 e. The summed E-state index contributed by atoms with van der Waals surface area (Å²) in [5, 5.41) is 21.4. The van der Waals surface area contributed by atoms with E-state index in [0.29, 0.717) is 16.9 Å². The first-order valence-corrected chi connectivity index (χ1v) is 10.1. The van der Waals surface area contributed by atoms with Crippen LogP contribution >= 0.6 is 11.8 Å². The van der Waals surface area contributed by atoms with Crippen LogP contribution in [-0.2, 0) is 11.3 Å². The largest absolute Gasteiger partial charge is 0.317 e. The summed E-state index contributed by atoms with van der Waals surface area (Å²) in [5.41, 5.74) is 1.56. The van der Waals surface area contributed by atoms with Crippen LogP contribution in [0.1, 0.15) is 11.3 Å². The number of imide groups is 1. The van der Waals surface area contributed by atoms with Crippen molar-refractivity contribution < 1.29 is 19.4 Å². The fourth-order valence-electron chi connectivity index (χ4n) is 3.18. The Labute approximate surface area is 185 Å². The molecule has 2 heterocycles. The number of aromatic nitrogens is 1. The summed E-state index contributed by atoms with van der Waals surface area (Å²) in [6, 6.07) is 15.1. The third kappa shape index (κ3) is 4.14. The van der Waals surface area contributed by atoms with E-state index in [9.17, 15) is 29.8 Å². The zero-order valence-corrected chi connectivity index (χ0v) is 17.1. The van der Waals surface area contributed by atoms with Gasteiger partial charge >= 0.3 is 0 Å². The third-order valence-electron chi connectivity index (χ3n) is 4.74. The van der Waals surface area contributed by atoms with Crippen molar-refractivity contribution in [1.29, 1.82) is 0 Å². The first kappa shape index (κ1) is 21.0. The number of rotatable bonds is 6. The van der Waals surface area contributed by atoms with E-state index in [-0.39, 0.29) is 22.8 Å². The SMILES string of the molecule is O=C1S/C(=C\c2cccn2-c2cccc([N+](=O)[O-])c2)C(=O)N1Cc1ccc([N+](=O)[O-])cc1. The maximum atomic E-state index is 12.8. The van der Waals surface area contributed by atoms with Gasteiger partial charge in [-0.1, -0.05) is 18.2 Å². The Bertz CT molecular complexity index is 1280. The average molecular weight is 450 g/mol. The molecule has 2 amide bonds. The zero-order valence-electron chi connectivity index (χ0n) is 16.3. The van der Waals surface area contributed by atoms with E-state index in [0.717, 1.165) is 16.7 Å². The van der Waals surface area contributed by atoms with E-state index >= 15 is 0 Å². The van der Waals surface area contributed by atoms with Gasteiger partial charge in [0.05, 0.1) is 27.0 Å². The molecule has 0 bridgehead atoms. The van der Waals surface area contributed by atoms with Gasteiger partial charge in [0.15, 0.2) is 0 Å². The summed E-state index contributed by atoms with van der Waals surface area (Å²) in [5.74, 6) is -0.481. The predicted molar refractivity (Wildman–Crippen MR) is 117 cm³/mol. The quantitative estimate of drug-likeness (QED) is 0.306.